The topological polar surface area (TPSA) is 70.4 Å². The average Bonchev–Trinajstić information content (AvgIpc) is 3.13. The molecule has 2 heterocycles. The molecule has 0 spiro atoms. The van der Waals surface area contributed by atoms with Crippen molar-refractivity contribution in [1.29, 1.82) is 0 Å². The van der Waals surface area contributed by atoms with Gasteiger partial charge in [-0.3, -0.25) is 0 Å². The van der Waals surface area contributed by atoms with E-state index in [0.29, 0.717) is 12.5 Å². The van der Waals surface area contributed by atoms with Gasteiger partial charge in [0.2, 0.25) is 0 Å². The summed E-state index contributed by atoms with van der Waals surface area (Å²) < 4.78 is 2.02. The molecule has 1 fully saturated rings. The molecule has 3 rings (SSSR count). The zero-order valence-corrected chi connectivity index (χ0v) is 13.8. The summed E-state index contributed by atoms with van der Waals surface area (Å²) in [5, 5.41) is 12.2. The largest absolute Gasteiger partial charge is 0.396 e. The van der Waals surface area contributed by atoms with Crippen molar-refractivity contribution in [2.45, 2.75) is 25.9 Å². The van der Waals surface area contributed by atoms with Gasteiger partial charge in [-0.2, -0.15) is 0 Å². The first-order valence-corrected chi connectivity index (χ1v) is 8.42. The first-order chi connectivity index (χ1) is 11.7. The van der Waals surface area contributed by atoms with Crippen LogP contribution in [0, 0.1) is 5.92 Å². The molecule has 0 radical (unpaired) electrons. The zero-order valence-electron chi connectivity index (χ0n) is 13.8. The Hall–Kier alpha value is -2.34. The summed E-state index contributed by atoms with van der Waals surface area (Å²) in [6.45, 7) is 2.96. The van der Waals surface area contributed by atoms with E-state index in [0.717, 1.165) is 38.0 Å². The number of piperidine rings is 1. The fourth-order valence-corrected chi connectivity index (χ4v) is 3.04. The highest BCUT2D eigenvalue weighted by Gasteiger charge is 2.21. The maximum absolute atomic E-state index is 12.2. The third-order valence-electron chi connectivity index (χ3n) is 4.52. The highest BCUT2D eigenvalue weighted by molar-refractivity contribution is 5.74. The van der Waals surface area contributed by atoms with Crippen LogP contribution >= 0.6 is 0 Å². The van der Waals surface area contributed by atoms with Crippen LogP contribution in [-0.4, -0.2) is 45.3 Å². The fourth-order valence-electron chi connectivity index (χ4n) is 3.04. The predicted molar refractivity (Wildman–Crippen MR) is 91.4 cm³/mol. The van der Waals surface area contributed by atoms with Gasteiger partial charge < -0.3 is 19.9 Å². The summed E-state index contributed by atoms with van der Waals surface area (Å²) in [6.07, 6.45) is 7.26. The van der Waals surface area contributed by atoms with Gasteiger partial charge in [-0.15, -0.1) is 0 Å². The molecule has 0 unspecified atom stereocenters. The Morgan fingerprint density at radius 3 is 2.79 bits per heavy atom. The van der Waals surface area contributed by atoms with E-state index in [4.69, 9.17) is 5.11 Å². The van der Waals surface area contributed by atoms with Crippen LogP contribution in [0.1, 0.15) is 24.0 Å². The third kappa shape index (κ3) is 4.35. The predicted octanol–water partition coefficient (Wildman–Crippen LogP) is 1.85. The molecule has 2 N–H and O–H groups in total. The molecule has 0 bridgehead atoms. The van der Waals surface area contributed by atoms with Crippen LogP contribution < -0.4 is 5.32 Å². The standard InChI is InChI=1S/C18H24N4O2/c23-13-15-4-7-22(8-5-15)18(24)20-11-16-2-1-3-17(10-16)12-21-9-6-19-14-21/h1-3,6,9-10,14-15,23H,4-5,7-8,11-13H2,(H,20,24). The van der Waals surface area contributed by atoms with Gasteiger partial charge in [0.25, 0.3) is 0 Å². The fraction of sp³-hybridized carbons (Fsp3) is 0.444. The van der Waals surface area contributed by atoms with Gasteiger partial charge in [-0.25, -0.2) is 9.78 Å². The molecule has 1 aliphatic rings. The van der Waals surface area contributed by atoms with E-state index in [-0.39, 0.29) is 12.6 Å². The zero-order chi connectivity index (χ0) is 16.8. The van der Waals surface area contributed by atoms with Gasteiger partial charge in [-0.05, 0) is 29.9 Å². The molecule has 2 amide bonds. The second-order valence-corrected chi connectivity index (χ2v) is 6.33. The van der Waals surface area contributed by atoms with Crippen molar-refractivity contribution in [1.82, 2.24) is 19.8 Å². The first kappa shape index (κ1) is 16.5. The monoisotopic (exact) mass is 328 g/mol. The van der Waals surface area contributed by atoms with E-state index < -0.39 is 0 Å². The van der Waals surface area contributed by atoms with Gasteiger partial charge in [0.1, 0.15) is 0 Å². The molecule has 0 atom stereocenters. The minimum Gasteiger partial charge on any atom is -0.396 e. The molecule has 2 aromatic rings. The Balaban J connectivity index is 1.50. The number of nitrogens with zero attached hydrogens (tertiary/aromatic N) is 3. The van der Waals surface area contributed by atoms with Gasteiger partial charge in [0.15, 0.2) is 0 Å². The maximum atomic E-state index is 12.2. The van der Waals surface area contributed by atoms with Gasteiger partial charge in [-0.1, -0.05) is 24.3 Å². The lowest BCUT2D eigenvalue weighted by Gasteiger charge is -2.31. The number of carbonyl (C=O) groups excluding carboxylic acids is 1. The molecular formula is C18H24N4O2. The van der Waals surface area contributed by atoms with Crippen molar-refractivity contribution in [3.8, 4) is 0 Å². The number of hydrogen-bond donors (Lipinski definition) is 2. The number of hydrogen-bond acceptors (Lipinski definition) is 3. The minimum absolute atomic E-state index is 0.0218. The molecular weight excluding hydrogens is 304 g/mol. The van der Waals surface area contributed by atoms with Gasteiger partial charge in [0.05, 0.1) is 6.33 Å². The Morgan fingerprint density at radius 2 is 2.08 bits per heavy atom. The number of aliphatic hydroxyl groups excluding tert-OH is 1. The second-order valence-electron chi connectivity index (χ2n) is 6.33. The summed E-state index contributed by atoms with van der Waals surface area (Å²) in [5.41, 5.74) is 2.27. The molecule has 1 aromatic carbocycles. The van der Waals surface area contributed by atoms with Crippen molar-refractivity contribution in [3.05, 3.63) is 54.1 Å². The van der Waals surface area contributed by atoms with Crippen LogP contribution in [0.25, 0.3) is 0 Å². The molecule has 1 aliphatic heterocycles. The number of rotatable bonds is 5. The second kappa shape index (κ2) is 7.97. The summed E-state index contributed by atoms with van der Waals surface area (Å²) in [6, 6.07) is 8.20. The van der Waals surface area contributed by atoms with Crippen molar-refractivity contribution in [2.24, 2.45) is 5.92 Å². The number of urea groups is 1. The Kier molecular flexibility index (Phi) is 5.48. The summed E-state index contributed by atoms with van der Waals surface area (Å²) in [4.78, 5) is 18.1. The van der Waals surface area contributed by atoms with E-state index in [1.165, 1.54) is 5.56 Å². The highest BCUT2D eigenvalue weighted by Crippen LogP contribution is 2.16. The van der Waals surface area contributed by atoms with Crippen molar-refractivity contribution in [3.63, 3.8) is 0 Å². The van der Waals surface area contributed by atoms with Crippen molar-refractivity contribution in [2.75, 3.05) is 19.7 Å². The molecule has 128 valence electrons. The molecule has 0 aliphatic carbocycles. The van der Waals surface area contributed by atoms with Gasteiger partial charge in [0, 0.05) is 45.2 Å². The maximum Gasteiger partial charge on any atom is 0.317 e. The molecule has 24 heavy (non-hydrogen) atoms. The van der Waals surface area contributed by atoms with E-state index in [2.05, 4.69) is 22.4 Å². The molecule has 1 saturated heterocycles. The number of likely N-dealkylation sites (tertiary alicyclic amines) is 1. The van der Waals surface area contributed by atoms with Crippen LogP contribution in [0.15, 0.2) is 43.0 Å². The average molecular weight is 328 g/mol. The number of carbonyl (C=O) groups is 1. The van der Waals surface area contributed by atoms with Gasteiger partial charge >= 0.3 is 6.03 Å². The smallest absolute Gasteiger partial charge is 0.317 e. The van der Waals surface area contributed by atoms with E-state index >= 15 is 0 Å². The van der Waals surface area contributed by atoms with Crippen LogP contribution in [0.5, 0.6) is 0 Å². The Labute approximate surface area is 142 Å². The number of nitrogens with one attached hydrogen (secondary N) is 1. The number of aliphatic hydroxyl groups is 1. The molecule has 6 heteroatoms. The van der Waals surface area contributed by atoms with Crippen LogP contribution in [0.3, 0.4) is 0 Å². The van der Waals surface area contributed by atoms with Crippen LogP contribution in [0.2, 0.25) is 0 Å². The summed E-state index contributed by atoms with van der Waals surface area (Å²) in [5.74, 6) is 0.342. The SMILES string of the molecule is O=C(NCc1cccc(Cn2ccnc2)c1)N1CCC(CO)CC1. The minimum atomic E-state index is -0.0218. The Bertz CT molecular complexity index is 649. The van der Waals surface area contributed by atoms with E-state index in [1.54, 1.807) is 12.5 Å². The molecule has 6 nitrogen and oxygen atoms in total. The lowest BCUT2D eigenvalue weighted by molar-refractivity contribution is 0.137. The van der Waals surface area contributed by atoms with Crippen LogP contribution in [-0.2, 0) is 13.1 Å². The number of aromatic nitrogens is 2. The van der Waals surface area contributed by atoms with E-state index in [9.17, 15) is 4.79 Å². The highest BCUT2D eigenvalue weighted by atomic mass is 16.3. The van der Waals surface area contributed by atoms with Crippen molar-refractivity contribution < 1.29 is 9.90 Å². The van der Waals surface area contributed by atoms with Crippen molar-refractivity contribution >= 4 is 6.03 Å². The third-order valence-corrected chi connectivity index (χ3v) is 4.52. The normalized spacial score (nSPS) is 15.5. The summed E-state index contributed by atoms with van der Waals surface area (Å²) in [7, 11) is 0. The Morgan fingerprint density at radius 1 is 1.29 bits per heavy atom. The number of benzene rings is 1. The molecule has 0 saturated carbocycles. The quantitative estimate of drug-likeness (QED) is 0.880. The molecule has 1 aromatic heterocycles. The summed E-state index contributed by atoms with van der Waals surface area (Å²) >= 11 is 0. The van der Waals surface area contributed by atoms with E-state index in [1.807, 2.05) is 27.8 Å². The lowest BCUT2D eigenvalue weighted by atomic mass is 9.98. The number of imidazole rings is 1. The van der Waals surface area contributed by atoms with Crippen LogP contribution in [0.4, 0.5) is 4.79 Å². The number of amides is 2. The first-order valence-electron chi connectivity index (χ1n) is 8.42. The lowest BCUT2D eigenvalue weighted by Crippen LogP contribution is -2.44.